The second-order valence-electron chi connectivity index (χ2n) is 2.46. The van der Waals surface area contributed by atoms with E-state index in [9.17, 15) is 0 Å². The van der Waals surface area contributed by atoms with E-state index in [-0.39, 0.29) is 12.5 Å². The van der Waals surface area contributed by atoms with Crippen molar-refractivity contribution in [2.75, 3.05) is 12.4 Å². The first-order chi connectivity index (χ1) is 5.74. The highest BCUT2D eigenvalue weighted by molar-refractivity contribution is 7.99. The topological polar surface area (TPSA) is 46.0 Å². The first-order valence-corrected chi connectivity index (χ1v) is 5.55. The lowest BCUT2D eigenvalue weighted by atomic mass is 10.2. The molecule has 0 fully saturated rings. The number of halogens is 1. The molecule has 1 aromatic heterocycles. The van der Waals surface area contributed by atoms with Crippen LogP contribution in [0.1, 0.15) is 6.92 Å². The summed E-state index contributed by atoms with van der Waals surface area (Å²) in [7, 11) is 0. The molecule has 0 saturated heterocycles. The van der Waals surface area contributed by atoms with Crippen LogP contribution in [0.3, 0.4) is 0 Å². The average molecular weight is 225 g/mol. The molecule has 68 valence electrons. The van der Waals surface area contributed by atoms with Crippen LogP contribution in [0.25, 0.3) is 0 Å². The summed E-state index contributed by atoms with van der Waals surface area (Å²) in [6.07, 6.45) is 0. The number of hydrogen-bond donors (Lipinski definition) is 1. The molecule has 0 aliphatic carbocycles. The molecular weight excluding hydrogens is 216 g/mol. The first kappa shape index (κ1) is 10.2. The van der Waals surface area contributed by atoms with Crippen molar-refractivity contribution in [1.29, 1.82) is 0 Å². The van der Waals surface area contributed by atoms with Crippen LogP contribution >= 0.6 is 35.1 Å². The van der Waals surface area contributed by atoms with Crippen molar-refractivity contribution in [2.24, 2.45) is 5.92 Å². The molecule has 3 nitrogen and oxygen atoms in total. The lowest BCUT2D eigenvalue weighted by Crippen LogP contribution is -2.03. The van der Waals surface area contributed by atoms with Gasteiger partial charge in [-0.15, -0.1) is 11.8 Å². The molecule has 0 aromatic carbocycles. The van der Waals surface area contributed by atoms with Gasteiger partial charge in [-0.3, -0.25) is 0 Å². The molecule has 0 saturated carbocycles. The summed E-state index contributed by atoms with van der Waals surface area (Å²) >= 11 is 8.36. The standard InChI is InChI=1S/C6H9ClN2OS2/c1-4(2-10)3-11-6-5(7)8-12-9-6/h4,10H,2-3H2,1H3. The molecule has 0 amide bonds. The number of nitrogens with zero attached hydrogens (tertiary/aromatic N) is 2. The zero-order chi connectivity index (χ0) is 8.97. The van der Waals surface area contributed by atoms with E-state index < -0.39 is 0 Å². The van der Waals surface area contributed by atoms with E-state index in [1.165, 1.54) is 11.8 Å². The van der Waals surface area contributed by atoms with Gasteiger partial charge in [0.1, 0.15) is 5.03 Å². The largest absolute Gasteiger partial charge is 0.396 e. The van der Waals surface area contributed by atoms with Gasteiger partial charge in [-0.25, -0.2) is 0 Å². The molecule has 1 N–H and O–H groups in total. The van der Waals surface area contributed by atoms with Gasteiger partial charge in [0.15, 0.2) is 5.15 Å². The molecule has 1 unspecified atom stereocenters. The molecule has 12 heavy (non-hydrogen) atoms. The molecule has 1 heterocycles. The molecule has 0 radical (unpaired) electrons. The van der Waals surface area contributed by atoms with Gasteiger partial charge >= 0.3 is 0 Å². The van der Waals surface area contributed by atoms with E-state index in [0.717, 1.165) is 22.5 Å². The van der Waals surface area contributed by atoms with Crippen LogP contribution in [0.15, 0.2) is 5.03 Å². The van der Waals surface area contributed by atoms with E-state index in [2.05, 4.69) is 8.75 Å². The molecule has 0 aliphatic rings. The summed E-state index contributed by atoms with van der Waals surface area (Å²) in [6.45, 7) is 2.17. The number of thioether (sulfide) groups is 1. The Balaban J connectivity index is 2.38. The summed E-state index contributed by atoms with van der Waals surface area (Å²) in [5.74, 6) is 1.09. The van der Waals surface area contributed by atoms with Crippen molar-refractivity contribution in [3.63, 3.8) is 0 Å². The van der Waals surface area contributed by atoms with Gasteiger partial charge in [0.25, 0.3) is 0 Å². The van der Waals surface area contributed by atoms with Crippen molar-refractivity contribution in [3.05, 3.63) is 5.15 Å². The van der Waals surface area contributed by atoms with Crippen LogP contribution in [-0.2, 0) is 0 Å². The Labute approximate surface area is 84.5 Å². The highest BCUT2D eigenvalue weighted by atomic mass is 35.5. The van der Waals surface area contributed by atoms with E-state index in [4.69, 9.17) is 16.7 Å². The minimum atomic E-state index is 0.197. The van der Waals surface area contributed by atoms with Crippen LogP contribution in [0.4, 0.5) is 0 Å². The third kappa shape index (κ3) is 2.90. The number of aliphatic hydroxyl groups is 1. The molecule has 0 bridgehead atoms. The summed E-state index contributed by atoms with van der Waals surface area (Å²) in [5.41, 5.74) is 0. The number of aromatic nitrogens is 2. The van der Waals surface area contributed by atoms with Crippen LogP contribution in [0.2, 0.25) is 5.15 Å². The fourth-order valence-electron chi connectivity index (χ4n) is 0.530. The van der Waals surface area contributed by atoms with Crippen LogP contribution in [0, 0.1) is 5.92 Å². The Morgan fingerprint density at radius 3 is 2.92 bits per heavy atom. The van der Waals surface area contributed by atoms with Crippen LogP contribution in [-0.4, -0.2) is 26.2 Å². The van der Waals surface area contributed by atoms with Crippen molar-refractivity contribution < 1.29 is 5.11 Å². The fraction of sp³-hybridized carbons (Fsp3) is 0.667. The Morgan fingerprint density at radius 2 is 2.42 bits per heavy atom. The van der Waals surface area contributed by atoms with Crippen molar-refractivity contribution in [2.45, 2.75) is 11.9 Å². The predicted molar refractivity (Wildman–Crippen MR) is 51.9 cm³/mol. The van der Waals surface area contributed by atoms with Crippen LogP contribution < -0.4 is 0 Å². The molecule has 1 aromatic rings. The van der Waals surface area contributed by atoms with Gasteiger partial charge in [-0.05, 0) is 5.92 Å². The van der Waals surface area contributed by atoms with E-state index >= 15 is 0 Å². The van der Waals surface area contributed by atoms with Gasteiger partial charge in [0.05, 0.1) is 11.7 Å². The quantitative estimate of drug-likeness (QED) is 0.794. The minimum Gasteiger partial charge on any atom is -0.396 e. The number of rotatable bonds is 4. The number of hydrogen-bond acceptors (Lipinski definition) is 5. The highest BCUT2D eigenvalue weighted by Crippen LogP contribution is 2.25. The van der Waals surface area contributed by atoms with Gasteiger partial charge in [0, 0.05) is 12.4 Å². The maximum Gasteiger partial charge on any atom is 0.176 e. The SMILES string of the molecule is CC(CO)CSc1nsnc1Cl. The fourth-order valence-corrected chi connectivity index (χ4v) is 2.32. The summed E-state index contributed by atoms with van der Waals surface area (Å²) in [6, 6.07) is 0. The summed E-state index contributed by atoms with van der Waals surface area (Å²) < 4.78 is 7.84. The average Bonchev–Trinajstić information content (AvgIpc) is 2.47. The Morgan fingerprint density at radius 1 is 1.67 bits per heavy atom. The van der Waals surface area contributed by atoms with Gasteiger partial charge in [-0.1, -0.05) is 18.5 Å². The molecule has 0 aliphatic heterocycles. The smallest absolute Gasteiger partial charge is 0.176 e. The molecule has 1 atom stereocenters. The lowest BCUT2D eigenvalue weighted by molar-refractivity contribution is 0.250. The van der Waals surface area contributed by atoms with Gasteiger partial charge in [-0.2, -0.15) is 8.75 Å². The zero-order valence-corrected chi connectivity index (χ0v) is 8.92. The van der Waals surface area contributed by atoms with E-state index in [1.54, 1.807) is 0 Å². The van der Waals surface area contributed by atoms with Crippen molar-refractivity contribution in [1.82, 2.24) is 8.75 Å². The maximum atomic E-state index is 8.75. The molecule has 0 spiro atoms. The van der Waals surface area contributed by atoms with E-state index in [0.29, 0.717) is 5.15 Å². The molecular formula is C6H9ClN2OS2. The Bertz CT molecular complexity index is 243. The molecule has 6 heteroatoms. The monoisotopic (exact) mass is 224 g/mol. The Kier molecular flexibility index (Phi) is 4.28. The lowest BCUT2D eigenvalue weighted by Gasteiger charge is -2.04. The van der Waals surface area contributed by atoms with Crippen molar-refractivity contribution in [3.8, 4) is 0 Å². The Hall–Kier alpha value is 0.160. The zero-order valence-electron chi connectivity index (χ0n) is 6.53. The van der Waals surface area contributed by atoms with Crippen LogP contribution in [0.5, 0.6) is 0 Å². The second-order valence-corrected chi connectivity index (χ2v) is 4.35. The van der Waals surface area contributed by atoms with Gasteiger partial charge < -0.3 is 5.11 Å². The highest BCUT2D eigenvalue weighted by Gasteiger charge is 2.07. The third-order valence-electron chi connectivity index (χ3n) is 1.24. The van der Waals surface area contributed by atoms with Gasteiger partial charge in [0.2, 0.25) is 0 Å². The summed E-state index contributed by atoms with van der Waals surface area (Å²) in [5, 5.41) is 9.99. The third-order valence-corrected chi connectivity index (χ3v) is 3.65. The van der Waals surface area contributed by atoms with E-state index in [1.807, 2.05) is 6.92 Å². The first-order valence-electron chi connectivity index (χ1n) is 3.45. The van der Waals surface area contributed by atoms with Crippen molar-refractivity contribution >= 4 is 35.1 Å². The minimum absolute atomic E-state index is 0.197. The predicted octanol–water partition coefficient (Wildman–Crippen LogP) is 1.91. The normalized spacial score (nSPS) is 13.2. The maximum absolute atomic E-state index is 8.75. The molecule has 1 rings (SSSR count). The summed E-state index contributed by atoms with van der Waals surface area (Å²) in [4.78, 5) is 0. The number of aliphatic hydroxyl groups excluding tert-OH is 1. The second kappa shape index (κ2) is 5.01.